The van der Waals surface area contributed by atoms with Gasteiger partial charge in [-0.15, -0.1) is 0 Å². The van der Waals surface area contributed by atoms with Crippen molar-refractivity contribution in [1.82, 2.24) is 14.9 Å². The number of rotatable bonds is 4. The topological polar surface area (TPSA) is 59.2 Å². The van der Waals surface area contributed by atoms with Crippen molar-refractivity contribution >= 4 is 21.8 Å². The van der Waals surface area contributed by atoms with E-state index in [1.807, 2.05) is 43.3 Å². The van der Waals surface area contributed by atoms with Gasteiger partial charge in [-0.1, -0.05) is 28.1 Å². The first-order valence-corrected chi connectivity index (χ1v) is 8.21. The van der Waals surface area contributed by atoms with Crippen molar-refractivity contribution in [2.75, 3.05) is 7.05 Å². The van der Waals surface area contributed by atoms with Gasteiger partial charge in [-0.3, -0.25) is 9.78 Å². The van der Waals surface area contributed by atoms with Gasteiger partial charge in [0.25, 0.3) is 5.91 Å². The van der Waals surface area contributed by atoms with Crippen molar-refractivity contribution < 1.29 is 9.21 Å². The van der Waals surface area contributed by atoms with Gasteiger partial charge in [0.2, 0.25) is 0 Å². The number of nitrogens with zero attached hydrogens (tertiary/aromatic N) is 3. The second-order valence-corrected chi connectivity index (χ2v) is 6.39. The third-order valence-electron chi connectivity index (χ3n) is 3.53. The Morgan fingerprint density at radius 3 is 2.54 bits per heavy atom. The highest BCUT2D eigenvalue weighted by molar-refractivity contribution is 9.10. The number of benzene rings is 1. The maximum Gasteiger partial charge on any atom is 0.274 e. The summed E-state index contributed by atoms with van der Waals surface area (Å²) >= 11 is 3.41. The number of furan rings is 1. The Labute approximate surface area is 148 Å². The largest absolute Gasteiger partial charge is 0.459 e. The van der Waals surface area contributed by atoms with E-state index in [0.29, 0.717) is 18.0 Å². The zero-order valence-electron chi connectivity index (χ0n) is 13.4. The Balaban J connectivity index is 1.70. The van der Waals surface area contributed by atoms with Crippen LogP contribution in [0.25, 0.3) is 11.3 Å². The Bertz CT molecular complexity index is 841. The molecule has 0 aliphatic rings. The summed E-state index contributed by atoms with van der Waals surface area (Å²) in [5.74, 6) is 1.29. The summed E-state index contributed by atoms with van der Waals surface area (Å²) in [6, 6.07) is 11.7. The number of halogens is 1. The summed E-state index contributed by atoms with van der Waals surface area (Å²) in [4.78, 5) is 22.1. The lowest BCUT2D eigenvalue weighted by atomic mass is 10.2. The molecule has 2 aromatic heterocycles. The van der Waals surface area contributed by atoms with Crippen LogP contribution in [0.1, 0.15) is 21.9 Å². The average molecular weight is 386 g/mol. The second-order valence-electron chi connectivity index (χ2n) is 5.48. The van der Waals surface area contributed by atoms with Crippen molar-refractivity contribution in [3.63, 3.8) is 0 Å². The molecule has 122 valence electrons. The minimum atomic E-state index is -0.191. The SMILES string of the molecule is Cc1cnc(C(=O)N(C)Cc2ccc(-c3ccc(Br)cc3)o2)cn1. The van der Waals surface area contributed by atoms with Gasteiger partial charge in [-0.05, 0) is 31.2 Å². The molecule has 0 aliphatic carbocycles. The van der Waals surface area contributed by atoms with Crippen LogP contribution >= 0.6 is 15.9 Å². The van der Waals surface area contributed by atoms with Gasteiger partial charge in [0.1, 0.15) is 17.2 Å². The molecule has 0 unspecified atom stereocenters. The molecule has 0 saturated heterocycles. The minimum Gasteiger partial charge on any atom is -0.459 e. The summed E-state index contributed by atoms with van der Waals surface area (Å²) in [6.45, 7) is 2.20. The first-order valence-electron chi connectivity index (χ1n) is 7.41. The normalized spacial score (nSPS) is 10.6. The van der Waals surface area contributed by atoms with E-state index in [9.17, 15) is 4.79 Å². The smallest absolute Gasteiger partial charge is 0.274 e. The number of hydrogen-bond donors (Lipinski definition) is 0. The zero-order chi connectivity index (χ0) is 17.1. The predicted octanol–water partition coefficient (Wildman–Crippen LogP) is 4.08. The lowest BCUT2D eigenvalue weighted by Gasteiger charge is -2.14. The molecule has 3 aromatic rings. The van der Waals surface area contributed by atoms with E-state index in [1.54, 1.807) is 18.1 Å². The standard InChI is InChI=1S/C18H16BrN3O2/c1-12-9-21-16(10-20-12)18(23)22(2)11-15-7-8-17(24-15)13-3-5-14(19)6-4-13/h3-10H,11H2,1-2H3. The molecule has 5 nitrogen and oxygen atoms in total. The van der Waals surface area contributed by atoms with E-state index in [0.717, 1.165) is 21.5 Å². The van der Waals surface area contributed by atoms with Crippen molar-refractivity contribution in [1.29, 1.82) is 0 Å². The van der Waals surface area contributed by atoms with E-state index >= 15 is 0 Å². The summed E-state index contributed by atoms with van der Waals surface area (Å²) in [6.07, 6.45) is 3.07. The second kappa shape index (κ2) is 6.97. The number of aryl methyl sites for hydroxylation is 1. The summed E-state index contributed by atoms with van der Waals surface area (Å²) in [7, 11) is 1.71. The minimum absolute atomic E-state index is 0.191. The molecule has 0 atom stereocenters. The third-order valence-corrected chi connectivity index (χ3v) is 4.06. The van der Waals surface area contributed by atoms with Crippen LogP contribution in [-0.4, -0.2) is 27.8 Å². The molecule has 1 aromatic carbocycles. The summed E-state index contributed by atoms with van der Waals surface area (Å²) in [5, 5.41) is 0. The lowest BCUT2D eigenvalue weighted by Crippen LogP contribution is -2.27. The molecule has 3 rings (SSSR count). The zero-order valence-corrected chi connectivity index (χ0v) is 14.9. The van der Waals surface area contributed by atoms with E-state index in [-0.39, 0.29) is 5.91 Å². The molecular weight excluding hydrogens is 370 g/mol. The molecule has 0 fully saturated rings. The number of carbonyl (C=O) groups excluding carboxylic acids is 1. The van der Waals surface area contributed by atoms with Crippen LogP contribution in [0.2, 0.25) is 0 Å². The Kier molecular flexibility index (Phi) is 4.76. The Morgan fingerprint density at radius 1 is 1.12 bits per heavy atom. The van der Waals surface area contributed by atoms with Crippen molar-refractivity contribution in [3.8, 4) is 11.3 Å². The molecule has 0 bridgehead atoms. The fourth-order valence-corrected chi connectivity index (χ4v) is 2.50. The van der Waals surface area contributed by atoms with Gasteiger partial charge in [0.15, 0.2) is 0 Å². The van der Waals surface area contributed by atoms with Crippen molar-refractivity contribution in [3.05, 3.63) is 70.4 Å². The number of amides is 1. The lowest BCUT2D eigenvalue weighted by molar-refractivity contribution is 0.0769. The van der Waals surface area contributed by atoms with Gasteiger partial charge in [0, 0.05) is 23.3 Å². The van der Waals surface area contributed by atoms with Crippen LogP contribution in [0.15, 0.2) is 57.7 Å². The highest BCUT2D eigenvalue weighted by Crippen LogP contribution is 2.24. The van der Waals surface area contributed by atoms with Crippen LogP contribution in [-0.2, 0) is 6.54 Å². The molecule has 0 spiro atoms. The van der Waals surface area contributed by atoms with Gasteiger partial charge in [0.05, 0.1) is 18.4 Å². The Hall–Kier alpha value is -2.47. The highest BCUT2D eigenvalue weighted by Gasteiger charge is 2.15. The third kappa shape index (κ3) is 3.71. The van der Waals surface area contributed by atoms with Crippen molar-refractivity contribution in [2.45, 2.75) is 13.5 Å². The molecule has 0 saturated carbocycles. The summed E-state index contributed by atoms with van der Waals surface area (Å²) in [5.41, 5.74) is 2.09. The molecule has 6 heteroatoms. The van der Waals surface area contributed by atoms with Crippen LogP contribution in [0, 0.1) is 6.92 Å². The highest BCUT2D eigenvalue weighted by atomic mass is 79.9. The number of aromatic nitrogens is 2. The molecule has 2 heterocycles. The first-order chi connectivity index (χ1) is 11.5. The molecular formula is C18H16BrN3O2. The fourth-order valence-electron chi connectivity index (χ4n) is 2.24. The van der Waals surface area contributed by atoms with Gasteiger partial charge >= 0.3 is 0 Å². The number of hydrogen-bond acceptors (Lipinski definition) is 4. The number of carbonyl (C=O) groups is 1. The average Bonchev–Trinajstić information content (AvgIpc) is 3.04. The van der Waals surface area contributed by atoms with Crippen molar-refractivity contribution in [2.24, 2.45) is 0 Å². The van der Waals surface area contributed by atoms with E-state index in [2.05, 4.69) is 25.9 Å². The first kappa shape index (κ1) is 16.4. The monoisotopic (exact) mass is 385 g/mol. The summed E-state index contributed by atoms with van der Waals surface area (Å²) < 4.78 is 6.86. The predicted molar refractivity (Wildman–Crippen MR) is 94.4 cm³/mol. The van der Waals surface area contributed by atoms with Crippen LogP contribution in [0.3, 0.4) is 0 Å². The Morgan fingerprint density at radius 2 is 1.88 bits per heavy atom. The van der Waals surface area contributed by atoms with Crippen LogP contribution < -0.4 is 0 Å². The maximum absolute atomic E-state index is 12.4. The van der Waals surface area contributed by atoms with Gasteiger partial charge in [-0.2, -0.15) is 0 Å². The van der Waals surface area contributed by atoms with E-state index in [1.165, 1.54) is 6.20 Å². The van der Waals surface area contributed by atoms with Gasteiger partial charge in [-0.25, -0.2) is 4.98 Å². The molecule has 0 N–H and O–H groups in total. The fraction of sp³-hybridized carbons (Fsp3) is 0.167. The van der Waals surface area contributed by atoms with E-state index < -0.39 is 0 Å². The van der Waals surface area contributed by atoms with Crippen LogP contribution in [0.5, 0.6) is 0 Å². The molecule has 24 heavy (non-hydrogen) atoms. The van der Waals surface area contributed by atoms with E-state index in [4.69, 9.17) is 4.42 Å². The van der Waals surface area contributed by atoms with Crippen LogP contribution in [0.4, 0.5) is 0 Å². The quantitative estimate of drug-likeness (QED) is 0.678. The maximum atomic E-state index is 12.4. The molecule has 1 amide bonds. The van der Waals surface area contributed by atoms with Gasteiger partial charge < -0.3 is 9.32 Å². The molecule has 0 aliphatic heterocycles. The molecule has 0 radical (unpaired) electrons.